The molecule has 1 atom stereocenters. The number of nitrogens with zero attached hydrogens (tertiary/aromatic N) is 3. The summed E-state index contributed by atoms with van der Waals surface area (Å²) in [6, 6.07) is 17.0. The van der Waals surface area contributed by atoms with Crippen molar-refractivity contribution >= 4 is 65.9 Å². The van der Waals surface area contributed by atoms with E-state index in [0.29, 0.717) is 5.70 Å². The Morgan fingerprint density at radius 2 is 1.94 bits per heavy atom. The minimum atomic E-state index is -0.0466. The van der Waals surface area contributed by atoms with Gasteiger partial charge in [0, 0.05) is 15.5 Å². The second kappa shape index (κ2) is 9.35. The summed E-state index contributed by atoms with van der Waals surface area (Å²) in [5, 5.41) is 6.82. The third-order valence-electron chi connectivity index (χ3n) is 5.78. The number of amidine groups is 1. The molecule has 1 heterocycles. The fourth-order valence-electron chi connectivity index (χ4n) is 4.29. The molecule has 32 heavy (non-hydrogen) atoms. The van der Waals surface area contributed by atoms with Gasteiger partial charge in [-0.1, -0.05) is 49.6 Å². The van der Waals surface area contributed by atoms with Gasteiger partial charge in [-0.15, -0.1) is 0 Å². The molecule has 1 aliphatic heterocycles. The molecule has 4 rings (SSSR count). The Bertz CT molecular complexity index is 1230. The molecule has 0 saturated carbocycles. The summed E-state index contributed by atoms with van der Waals surface area (Å²) >= 11 is 4.59. The molecular weight excluding hydrogens is 622 g/mol. The molecule has 2 aromatic carbocycles. The Hall–Kier alpha value is -2.20. The molecule has 0 fully saturated rings. The van der Waals surface area contributed by atoms with Crippen LogP contribution >= 0.6 is 45.2 Å². The van der Waals surface area contributed by atoms with Crippen LogP contribution in [0.25, 0.3) is 11.1 Å². The molecule has 4 nitrogen and oxygen atoms in total. The molecule has 0 saturated heterocycles. The van der Waals surface area contributed by atoms with Crippen molar-refractivity contribution in [2.75, 3.05) is 0 Å². The largest absolute Gasteiger partial charge is 0.402 e. The van der Waals surface area contributed by atoms with Crippen LogP contribution in [0.5, 0.6) is 0 Å². The molecule has 6 heteroatoms. The van der Waals surface area contributed by atoms with Gasteiger partial charge in [-0.25, -0.2) is 10.0 Å². The van der Waals surface area contributed by atoms with E-state index in [1.54, 1.807) is 6.20 Å². The number of halogens is 2. The van der Waals surface area contributed by atoms with E-state index in [2.05, 4.69) is 113 Å². The molecule has 2 aliphatic rings. The molecule has 0 aromatic heterocycles. The third-order valence-corrected chi connectivity index (χ3v) is 7.21. The lowest BCUT2D eigenvalue weighted by Gasteiger charge is -2.33. The van der Waals surface area contributed by atoms with Crippen LogP contribution in [0.2, 0.25) is 0 Å². The maximum absolute atomic E-state index is 6.19. The molecule has 162 valence electrons. The van der Waals surface area contributed by atoms with E-state index in [1.807, 2.05) is 18.0 Å². The quantitative estimate of drug-likeness (QED) is 0.384. The lowest BCUT2D eigenvalue weighted by molar-refractivity contribution is 0.390. The topological polar surface area (TPSA) is 54.0 Å². The van der Waals surface area contributed by atoms with Crippen LogP contribution in [0.15, 0.2) is 94.8 Å². The highest BCUT2D eigenvalue weighted by Crippen LogP contribution is 2.43. The van der Waals surface area contributed by atoms with Crippen molar-refractivity contribution in [2.45, 2.75) is 26.3 Å². The Morgan fingerprint density at radius 3 is 2.59 bits per heavy atom. The van der Waals surface area contributed by atoms with E-state index >= 15 is 0 Å². The second-order valence-corrected chi connectivity index (χ2v) is 10.1. The van der Waals surface area contributed by atoms with Gasteiger partial charge < -0.3 is 5.73 Å². The number of fused-ring (bicyclic) bond motifs is 1. The Morgan fingerprint density at radius 1 is 1.22 bits per heavy atom. The minimum absolute atomic E-state index is 0.0466. The first kappa shape index (κ1) is 23.0. The number of hydrogen-bond donors (Lipinski definition) is 1. The molecule has 0 amide bonds. The molecular formula is C26H24I2N4. The fraction of sp³-hybridized carbons (Fsp3) is 0.154. The van der Waals surface area contributed by atoms with Gasteiger partial charge >= 0.3 is 0 Å². The fourth-order valence-corrected chi connectivity index (χ4v) is 5.68. The number of hydrazone groups is 1. The Labute approximate surface area is 216 Å². The zero-order chi connectivity index (χ0) is 23.0. The van der Waals surface area contributed by atoms with Crippen LogP contribution in [0, 0.1) is 3.57 Å². The summed E-state index contributed by atoms with van der Waals surface area (Å²) in [5.74, 6) is 0.732. The third kappa shape index (κ3) is 4.10. The van der Waals surface area contributed by atoms with E-state index < -0.39 is 0 Å². The highest BCUT2D eigenvalue weighted by molar-refractivity contribution is 14.1. The molecule has 2 aromatic rings. The molecule has 0 radical (unpaired) electrons. The first-order valence-corrected chi connectivity index (χ1v) is 12.4. The number of benzene rings is 2. The number of allylic oxidation sites excluding steroid dienone is 3. The summed E-state index contributed by atoms with van der Waals surface area (Å²) in [6.07, 6.45) is 2.37. The zero-order valence-electron chi connectivity index (χ0n) is 18.1. The van der Waals surface area contributed by atoms with Gasteiger partial charge in [0.1, 0.15) is 3.72 Å². The van der Waals surface area contributed by atoms with Crippen molar-refractivity contribution in [3.8, 4) is 0 Å². The van der Waals surface area contributed by atoms with E-state index in [9.17, 15) is 0 Å². The molecule has 0 bridgehead atoms. The highest BCUT2D eigenvalue weighted by Gasteiger charge is 2.35. The Kier molecular flexibility index (Phi) is 6.71. The number of rotatable bonds is 4. The van der Waals surface area contributed by atoms with Crippen molar-refractivity contribution in [1.82, 2.24) is 5.01 Å². The van der Waals surface area contributed by atoms with Crippen LogP contribution in [0.3, 0.4) is 0 Å². The number of hydrogen-bond acceptors (Lipinski definition) is 3. The van der Waals surface area contributed by atoms with Crippen LogP contribution in [-0.4, -0.2) is 20.6 Å². The Balaban J connectivity index is 1.90. The van der Waals surface area contributed by atoms with Crippen molar-refractivity contribution in [3.63, 3.8) is 0 Å². The predicted molar refractivity (Wildman–Crippen MR) is 153 cm³/mol. The van der Waals surface area contributed by atoms with Gasteiger partial charge in [-0.3, -0.25) is 0 Å². The highest BCUT2D eigenvalue weighted by atomic mass is 127. The lowest BCUT2D eigenvalue weighted by atomic mass is 9.78. The van der Waals surface area contributed by atoms with Crippen LogP contribution in [-0.2, 0) is 6.42 Å². The van der Waals surface area contributed by atoms with Crippen molar-refractivity contribution in [1.29, 1.82) is 0 Å². The van der Waals surface area contributed by atoms with E-state index in [4.69, 9.17) is 10.8 Å². The van der Waals surface area contributed by atoms with Gasteiger partial charge in [-0.2, -0.15) is 5.10 Å². The van der Waals surface area contributed by atoms with Gasteiger partial charge in [0.15, 0.2) is 5.84 Å². The van der Waals surface area contributed by atoms with Crippen LogP contribution in [0.4, 0.5) is 0 Å². The minimum Gasteiger partial charge on any atom is -0.402 e. The van der Waals surface area contributed by atoms with Gasteiger partial charge in [-0.05, 0) is 111 Å². The van der Waals surface area contributed by atoms with E-state index in [-0.39, 0.29) is 6.04 Å². The van der Waals surface area contributed by atoms with Crippen molar-refractivity contribution in [3.05, 3.63) is 105 Å². The summed E-state index contributed by atoms with van der Waals surface area (Å²) in [7, 11) is 0. The monoisotopic (exact) mass is 646 g/mol. The molecule has 0 spiro atoms. The van der Waals surface area contributed by atoms with Crippen molar-refractivity contribution in [2.24, 2.45) is 15.8 Å². The molecule has 1 aliphatic carbocycles. The zero-order valence-corrected chi connectivity index (χ0v) is 22.4. The molecule has 2 N–H and O–H groups in total. The lowest BCUT2D eigenvalue weighted by Crippen LogP contribution is -2.35. The maximum atomic E-state index is 6.19. The first-order valence-electron chi connectivity index (χ1n) is 10.3. The average Bonchev–Trinajstić information content (AvgIpc) is 3.10. The summed E-state index contributed by atoms with van der Waals surface area (Å²) in [4.78, 5) is 4.55. The second-order valence-electron chi connectivity index (χ2n) is 7.83. The normalized spacial score (nSPS) is 19.8. The molecule has 1 unspecified atom stereocenters. The van der Waals surface area contributed by atoms with Crippen LogP contribution < -0.4 is 5.73 Å². The van der Waals surface area contributed by atoms with E-state index in [0.717, 1.165) is 32.7 Å². The summed E-state index contributed by atoms with van der Waals surface area (Å²) < 4.78 is 2.04. The first-order chi connectivity index (χ1) is 15.3. The predicted octanol–water partition coefficient (Wildman–Crippen LogP) is 6.54. The van der Waals surface area contributed by atoms with E-state index in [1.165, 1.54) is 25.8 Å². The van der Waals surface area contributed by atoms with Gasteiger partial charge in [0.25, 0.3) is 0 Å². The van der Waals surface area contributed by atoms with Crippen LogP contribution in [0.1, 0.15) is 30.5 Å². The smallest absolute Gasteiger partial charge is 0.161 e. The summed E-state index contributed by atoms with van der Waals surface area (Å²) in [5.41, 5.74) is 14.9. The summed E-state index contributed by atoms with van der Waals surface area (Å²) in [6.45, 7) is 12.4. The maximum Gasteiger partial charge on any atom is 0.161 e. The van der Waals surface area contributed by atoms with Crippen molar-refractivity contribution < 1.29 is 0 Å². The standard InChI is InChI=1S/C26H24I2N4/c1-5-30-26-24(16(3)29)25(28)31-32(26)17(4)22-13-19-11-12-20(27)14-21(19)15(2)23(22)18-9-7-6-8-10-18/h5-12,14,17H,1-2,13,29H2,3-4H3/b24-16+,30-26+. The number of aliphatic imine (C=N–C) groups is 1. The average molecular weight is 646 g/mol. The van der Waals surface area contributed by atoms with Gasteiger partial charge in [0.05, 0.1) is 11.6 Å². The van der Waals surface area contributed by atoms with Gasteiger partial charge in [0.2, 0.25) is 0 Å². The SMILES string of the molecule is C=C/N=C1\C(=C(/C)N)C(I)=NN1C(C)C1=C(c2ccccc2)C(=C)c2cc(I)ccc2C1. The number of nitrogens with two attached hydrogens (primary N) is 1.